The van der Waals surface area contributed by atoms with E-state index in [0.717, 1.165) is 11.1 Å². The molecule has 0 heterocycles. The summed E-state index contributed by atoms with van der Waals surface area (Å²) in [4.78, 5) is 12.3. The van der Waals surface area contributed by atoms with E-state index >= 15 is 0 Å². The lowest BCUT2D eigenvalue weighted by atomic mass is 10.0. The van der Waals surface area contributed by atoms with Gasteiger partial charge in [0, 0.05) is 11.3 Å². The summed E-state index contributed by atoms with van der Waals surface area (Å²) in [7, 11) is -3.79. The van der Waals surface area contributed by atoms with Crippen LogP contribution in [0.3, 0.4) is 0 Å². The van der Waals surface area contributed by atoms with Crippen molar-refractivity contribution in [1.29, 1.82) is 0 Å². The van der Waals surface area contributed by atoms with Crippen molar-refractivity contribution in [2.75, 3.05) is 5.32 Å². The lowest BCUT2D eigenvalue weighted by molar-refractivity contribution is 0.102. The Morgan fingerprint density at radius 1 is 1.05 bits per heavy atom. The maximum absolute atomic E-state index is 12.3. The number of rotatable bonds is 3. The van der Waals surface area contributed by atoms with E-state index in [4.69, 9.17) is 5.14 Å². The largest absolute Gasteiger partial charge is 0.322 e. The lowest BCUT2D eigenvalue weighted by Gasteiger charge is -2.11. The van der Waals surface area contributed by atoms with Crippen molar-refractivity contribution < 1.29 is 13.2 Å². The van der Waals surface area contributed by atoms with Crippen molar-refractivity contribution in [1.82, 2.24) is 0 Å². The molecule has 6 heteroatoms. The highest BCUT2D eigenvalue weighted by Crippen LogP contribution is 2.18. The monoisotopic (exact) mass is 304 g/mol. The Hall–Kier alpha value is -2.18. The maximum Gasteiger partial charge on any atom is 0.256 e. The molecular formula is C15H16N2O3S. The number of sulfonamides is 1. The first-order chi connectivity index (χ1) is 9.79. The average Bonchev–Trinajstić information content (AvgIpc) is 2.37. The van der Waals surface area contributed by atoms with Gasteiger partial charge in [-0.1, -0.05) is 24.3 Å². The van der Waals surface area contributed by atoms with Crippen molar-refractivity contribution >= 4 is 21.6 Å². The molecule has 5 nitrogen and oxygen atoms in total. The number of nitrogens with two attached hydrogens (primary N) is 1. The summed E-state index contributed by atoms with van der Waals surface area (Å²) < 4.78 is 22.6. The highest BCUT2D eigenvalue weighted by atomic mass is 32.2. The number of hydrogen-bond acceptors (Lipinski definition) is 3. The van der Waals surface area contributed by atoms with Crippen LogP contribution in [0.4, 0.5) is 5.69 Å². The quantitative estimate of drug-likeness (QED) is 0.911. The molecule has 0 saturated heterocycles. The molecule has 1 amide bonds. The molecule has 0 aliphatic heterocycles. The third-order valence-electron chi connectivity index (χ3n) is 3.13. The minimum atomic E-state index is -3.79. The fraction of sp³-hybridized carbons (Fsp3) is 0.133. The Bertz CT molecular complexity index is 778. The van der Waals surface area contributed by atoms with Gasteiger partial charge in [-0.2, -0.15) is 0 Å². The second-order valence-electron chi connectivity index (χ2n) is 4.79. The van der Waals surface area contributed by atoms with Gasteiger partial charge in [0.2, 0.25) is 10.0 Å². The molecule has 2 rings (SSSR count). The molecule has 0 fully saturated rings. The molecule has 21 heavy (non-hydrogen) atoms. The third-order valence-corrected chi connectivity index (χ3v) is 4.04. The van der Waals surface area contributed by atoms with Gasteiger partial charge in [0.25, 0.3) is 5.91 Å². The van der Waals surface area contributed by atoms with Gasteiger partial charge >= 0.3 is 0 Å². The molecular weight excluding hydrogens is 288 g/mol. The molecule has 0 aliphatic rings. The molecule has 2 aromatic rings. The van der Waals surface area contributed by atoms with Gasteiger partial charge in [-0.3, -0.25) is 4.79 Å². The number of carbonyl (C=O) groups excluding carboxylic acids is 1. The smallest absolute Gasteiger partial charge is 0.256 e. The standard InChI is InChI=1S/C15H16N2O3S/c1-10-5-3-6-11(2)14(10)15(18)17-12-7-4-8-13(9-12)21(16,19)20/h3-9H,1-2H3,(H,17,18)(H2,16,19,20). The number of aryl methyl sites for hydroxylation is 2. The van der Waals surface area contributed by atoms with Gasteiger partial charge in [-0.15, -0.1) is 0 Å². The van der Waals surface area contributed by atoms with Crippen LogP contribution in [0.2, 0.25) is 0 Å². The van der Waals surface area contributed by atoms with Gasteiger partial charge in [0.15, 0.2) is 0 Å². The fourth-order valence-electron chi connectivity index (χ4n) is 2.12. The number of carbonyl (C=O) groups is 1. The summed E-state index contributed by atoms with van der Waals surface area (Å²) >= 11 is 0. The van der Waals surface area contributed by atoms with Crippen LogP contribution in [0.25, 0.3) is 0 Å². The van der Waals surface area contributed by atoms with Crippen LogP contribution < -0.4 is 10.5 Å². The van der Waals surface area contributed by atoms with Crippen molar-refractivity contribution in [3.05, 3.63) is 59.2 Å². The van der Waals surface area contributed by atoms with E-state index in [1.807, 2.05) is 32.0 Å². The van der Waals surface area contributed by atoms with Crippen LogP contribution in [0, 0.1) is 13.8 Å². The molecule has 0 aliphatic carbocycles. The third kappa shape index (κ3) is 3.48. The first-order valence-electron chi connectivity index (χ1n) is 6.29. The number of nitrogens with one attached hydrogen (secondary N) is 1. The van der Waals surface area contributed by atoms with Crippen molar-refractivity contribution in [3.8, 4) is 0 Å². The number of benzene rings is 2. The van der Waals surface area contributed by atoms with Crippen LogP contribution in [-0.2, 0) is 10.0 Å². The summed E-state index contributed by atoms with van der Waals surface area (Å²) in [6.45, 7) is 3.70. The van der Waals surface area contributed by atoms with E-state index in [2.05, 4.69) is 5.32 Å². The number of hydrogen-bond donors (Lipinski definition) is 2. The normalized spacial score (nSPS) is 11.2. The minimum Gasteiger partial charge on any atom is -0.322 e. The molecule has 0 atom stereocenters. The van der Waals surface area contributed by atoms with E-state index in [9.17, 15) is 13.2 Å². The highest BCUT2D eigenvalue weighted by molar-refractivity contribution is 7.89. The summed E-state index contributed by atoms with van der Waals surface area (Å²) in [5.74, 6) is -0.280. The summed E-state index contributed by atoms with van der Waals surface area (Å²) in [5.41, 5.74) is 2.68. The maximum atomic E-state index is 12.3. The van der Waals surface area contributed by atoms with E-state index in [-0.39, 0.29) is 10.8 Å². The fourth-order valence-corrected chi connectivity index (χ4v) is 2.68. The van der Waals surface area contributed by atoms with Crippen LogP contribution in [0.15, 0.2) is 47.4 Å². The summed E-state index contributed by atoms with van der Waals surface area (Å²) in [6, 6.07) is 11.4. The number of amides is 1. The Kier molecular flexibility index (Phi) is 4.11. The Morgan fingerprint density at radius 3 is 2.19 bits per heavy atom. The van der Waals surface area contributed by atoms with Crippen molar-refractivity contribution in [3.63, 3.8) is 0 Å². The summed E-state index contributed by atoms with van der Waals surface area (Å²) in [5, 5.41) is 7.77. The first kappa shape index (κ1) is 15.2. The molecule has 0 radical (unpaired) electrons. The Balaban J connectivity index is 2.33. The van der Waals surface area contributed by atoms with Crippen LogP contribution in [0.1, 0.15) is 21.5 Å². The molecule has 3 N–H and O–H groups in total. The molecule has 2 aromatic carbocycles. The van der Waals surface area contributed by atoms with Crippen LogP contribution >= 0.6 is 0 Å². The molecule has 0 unspecified atom stereocenters. The molecule has 0 saturated carbocycles. The van der Waals surface area contributed by atoms with Crippen LogP contribution in [-0.4, -0.2) is 14.3 Å². The second-order valence-corrected chi connectivity index (χ2v) is 6.36. The predicted octanol–water partition coefficient (Wildman–Crippen LogP) is 2.20. The number of anilines is 1. The summed E-state index contributed by atoms with van der Waals surface area (Å²) in [6.07, 6.45) is 0. The minimum absolute atomic E-state index is 0.0400. The van der Waals surface area contributed by atoms with Gasteiger partial charge in [0.05, 0.1) is 4.90 Å². The lowest BCUT2D eigenvalue weighted by Crippen LogP contribution is -2.16. The molecule has 0 spiro atoms. The average molecular weight is 304 g/mol. The van der Waals surface area contributed by atoms with Crippen molar-refractivity contribution in [2.24, 2.45) is 5.14 Å². The number of primary sulfonamides is 1. The zero-order valence-electron chi connectivity index (χ0n) is 11.8. The zero-order chi connectivity index (χ0) is 15.6. The van der Waals surface area contributed by atoms with Gasteiger partial charge < -0.3 is 5.32 Å². The topological polar surface area (TPSA) is 89.3 Å². The molecule has 0 bridgehead atoms. The van der Waals surface area contributed by atoms with Gasteiger partial charge in [-0.25, -0.2) is 13.6 Å². The van der Waals surface area contributed by atoms with E-state index in [0.29, 0.717) is 11.3 Å². The highest BCUT2D eigenvalue weighted by Gasteiger charge is 2.13. The van der Waals surface area contributed by atoms with E-state index < -0.39 is 10.0 Å². The Morgan fingerprint density at radius 2 is 1.62 bits per heavy atom. The first-order valence-corrected chi connectivity index (χ1v) is 7.84. The van der Waals surface area contributed by atoms with Crippen LogP contribution in [0.5, 0.6) is 0 Å². The SMILES string of the molecule is Cc1cccc(C)c1C(=O)Nc1cccc(S(N)(=O)=O)c1. The molecule has 0 aromatic heterocycles. The Labute approximate surface area is 123 Å². The van der Waals surface area contributed by atoms with Gasteiger partial charge in [0.1, 0.15) is 0 Å². The second kappa shape index (κ2) is 5.67. The zero-order valence-corrected chi connectivity index (χ0v) is 12.6. The van der Waals surface area contributed by atoms with E-state index in [1.165, 1.54) is 18.2 Å². The van der Waals surface area contributed by atoms with E-state index in [1.54, 1.807) is 6.07 Å². The molecule has 110 valence electrons. The van der Waals surface area contributed by atoms with Crippen molar-refractivity contribution in [2.45, 2.75) is 18.7 Å². The van der Waals surface area contributed by atoms with Gasteiger partial charge in [-0.05, 0) is 43.2 Å². The predicted molar refractivity (Wildman–Crippen MR) is 81.7 cm³/mol.